The van der Waals surface area contributed by atoms with Gasteiger partial charge in [0.2, 0.25) is 0 Å². The fraction of sp³-hybridized carbons (Fsp3) is 0.167. The number of para-hydroxylation sites is 1. The van der Waals surface area contributed by atoms with Crippen LogP contribution in [0.3, 0.4) is 0 Å². The molecule has 3 aromatic carbocycles. The fourth-order valence-corrected chi connectivity index (χ4v) is 5.54. The quantitative estimate of drug-likeness (QED) is 0.369. The summed E-state index contributed by atoms with van der Waals surface area (Å²) in [5, 5.41) is 12.9. The molecule has 4 aromatic rings. The molecule has 1 aliphatic rings. The number of carbonyl (C=O) groups is 1. The number of carbonyl (C=O) groups excluding carboxylic acids is 1. The lowest BCUT2D eigenvalue weighted by molar-refractivity contribution is -0.113. The predicted octanol–water partition coefficient (Wildman–Crippen LogP) is 3.99. The van der Waals surface area contributed by atoms with Crippen molar-refractivity contribution in [2.75, 3.05) is 19.0 Å². The average molecular weight is 542 g/mol. The molecule has 0 radical (unpaired) electrons. The van der Waals surface area contributed by atoms with E-state index in [2.05, 4.69) is 10.3 Å². The molecule has 39 heavy (non-hydrogen) atoms. The first-order valence-corrected chi connectivity index (χ1v) is 13.2. The molecule has 0 saturated heterocycles. The van der Waals surface area contributed by atoms with Crippen molar-refractivity contribution in [3.05, 3.63) is 115 Å². The number of phenols is 1. The SMILES string of the molecule is CCOc1ccc(C2C(C(=O)Nc3ccccc3)=C(C)N=c3sc(=Cc4ccc(O)c(OC)c4)c(=O)n32)cc1. The third-order valence-corrected chi connectivity index (χ3v) is 7.29. The molecule has 1 unspecified atom stereocenters. The van der Waals surface area contributed by atoms with Crippen molar-refractivity contribution >= 4 is 29.0 Å². The van der Waals surface area contributed by atoms with Gasteiger partial charge in [0.15, 0.2) is 16.3 Å². The first-order valence-electron chi connectivity index (χ1n) is 12.4. The van der Waals surface area contributed by atoms with Crippen LogP contribution in [0.25, 0.3) is 6.08 Å². The van der Waals surface area contributed by atoms with Gasteiger partial charge in [0, 0.05) is 5.69 Å². The Morgan fingerprint density at radius 3 is 2.56 bits per heavy atom. The average Bonchev–Trinajstić information content (AvgIpc) is 3.24. The molecule has 198 valence electrons. The van der Waals surface area contributed by atoms with Crippen LogP contribution in [0.15, 0.2) is 93.9 Å². The molecule has 2 heterocycles. The number of fused-ring (bicyclic) bond motifs is 1. The molecule has 1 aromatic heterocycles. The highest BCUT2D eigenvalue weighted by Gasteiger charge is 2.32. The number of allylic oxidation sites excluding steroid dienone is 1. The minimum Gasteiger partial charge on any atom is -0.504 e. The lowest BCUT2D eigenvalue weighted by Gasteiger charge is -2.25. The van der Waals surface area contributed by atoms with E-state index in [-0.39, 0.29) is 17.2 Å². The van der Waals surface area contributed by atoms with Gasteiger partial charge in [-0.1, -0.05) is 47.7 Å². The second-order valence-electron chi connectivity index (χ2n) is 8.84. The molecule has 1 aliphatic heterocycles. The van der Waals surface area contributed by atoms with Gasteiger partial charge in [0.05, 0.1) is 35.6 Å². The Kier molecular flexibility index (Phi) is 7.33. The number of rotatable bonds is 7. The van der Waals surface area contributed by atoms with Gasteiger partial charge in [-0.2, -0.15) is 0 Å². The van der Waals surface area contributed by atoms with E-state index in [1.165, 1.54) is 24.5 Å². The number of nitrogens with one attached hydrogen (secondary N) is 1. The van der Waals surface area contributed by atoms with Crippen LogP contribution in [-0.2, 0) is 4.79 Å². The number of hydrogen-bond donors (Lipinski definition) is 2. The highest BCUT2D eigenvalue weighted by atomic mass is 32.1. The van der Waals surface area contributed by atoms with Crippen molar-refractivity contribution in [3.8, 4) is 17.2 Å². The van der Waals surface area contributed by atoms with Gasteiger partial charge >= 0.3 is 0 Å². The van der Waals surface area contributed by atoms with E-state index in [1.807, 2.05) is 49.4 Å². The number of benzene rings is 3. The molecule has 8 nitrogen and oxygen atoms in total. The maximum atomic E-state index is 13.8. The van der Waals surface area contributed by atoms with Crippen LogP contribution in [0, 0.1) is 0 Å². The zero-order chi connectivity index (χ0) is 27.5. The molecule has 5 rings (SSSR count). The van der Waals surface area contributed by atoms with E-state index in [9.17, 15) is 14.7 Å². The van der Waals surface area contributed by atoms with Crippen molar-refractivity contribution in [1.82, 2.24) is 4.57 Å². The molecule has 1 atom stereocenters. The Labute approximate surface area is 228 Å². The Bertz CT molecular complexity index is 1740. The summed E-state index contributed by atoms with van der Waals surface area (Å²) in [6.07, 6.45) is 1.73. The maximum Gasteiger partial charge on any atom is 0.271 e. The highest BCUT2D eigenvalue weighted by molar-refractivity contribution is 7.07. The van der Waals surface area contributed by atoms with Crippen LogP contribution in [-0.4, -0.2) is 29.3 Å². The second kappa shape index (κ2) is 11.0. The zero-order valence-electron chi connectivity index (χ0n) is 21.7. The van der Waals surface area contributed by atoms with E-state index in [0.717, 1.165) is 5.56 Å². The van der Waals surface area contributed by atoms with Crippen LogP contribution in [0.5, 0.6) is 17.2 Å². The van der Waals surface area contributed by atoms with E-state index in [4.69, 9.17) is 9.47 Å². The summed E-state index contributed by atoms with van der Waals surface area (Å²) in [7, 11) is 1.47. The van der Waals surface area contributed by atoms with Gasteiger partial charge in [-0.3, -0.25) is 14.2 Å². The normalized spacial score (nSPS) is 14.9. The third kappa shape index (κ3) is 5.21. The smallest absolute Gasteiger partial charge is 0.271 e. The van der Waals surface area contributed by atoms with Gasteiger partial charge in [0.25, 0.3) is 11.5 Å². The minimum atomic E-state index is -0.697. The summed E-state index contributed by atoms with van der Waals surface area (Å²) < 4.78 is 12.8. The van der Waals surface area contributed by atoms with Gasteiger partial charge in [-0.25, -0.2) is 4.99 Å². The standard InChI is InChI=1S/C30H27N3O5S/c1-4-38-22-13-11-20(12-14-22)27-26(28(35)32-21-8-6-5-7-9-21)18(2)31-30-33(27)29(36)25(39-30)17-19-10-15-23(34)24(16-19)37-3/h5-17,27,34H,4H2,1-3H3,(H,32,35). The summed E-state index contributed by atoms with van der Waals surface area (Å²) >= 11 is 1.24. The zero-order valence-corrected chi connectivity index (χ0v) is 22.5. The summed E-state index contributed by atoms with van der Waals surface area (Å²) in [5.74, 6) is 0.681. The van der Waals surface area contributed by atoms with Crippen LogP contribution in [0.4, 0.5) is 5.69 Å². The van der Waals surface area contributed by atoms with Gasteiger partial charge in [-0.05, 0) is 67.4 Å². The Hall–Kier alpha value is -4.63. The number of ether oxygens (including phenoxy) is 2. The summed E-state index contributed by atoms with van der Waals surface area (Å²) in [5.41, 5.74) is 2.72. The Morgan fingerprint density at radius 1 is 1.13 bits per heavy atom. The number of aromatic nitrogens is 1. The van der Waals surface area contributed by atoms with Crippen LogP contribution < -0.4 is 29.7 Å². The maximum absolute atomic E-state index is 13.8. The number of phenolic OH excluding ortho intramolecular Hbond substituents is 1. The van der Waals surface area contributed by atoms with Crippen molar-refractivity contribution in [2.24, 2.45) is 4.99 Å². The molecule has 0 spiro atoms. The molecule has 0 bridgehead atoms. The molecule has 1 amide bonds. The summed E-state index contributed by atoms with van der Waals surface area (Å²) in [6.45, 7) is 4.22. The second-order valence-corrected chi connectivity index (χ2v) is 9.84. The molecular weight excluding hydrogens is 514 g/mol. The van der Waals surface area contributed by atoms with Crippen LogP contribution in [0.2, 0.25) is 0 Å². The van der Waals surface area contributed by atoms with E-state index in [0.29, 0.717) is 50.0 Å². The number of thiazole rings is 1. The van der Waals surface area contributed by atoms with Crippen molar-refractivity contribution in [1.29, 1.82) is 0 Å². The Balaban J connectivity index is 1.65. The summed E-state index contributed by atoms with van der Waals surface area (Å²) in [6, 6.07) is 20.7. The van der Waals surface area contributed by atoms with E-state index < -0.39 is 6.04 Å². The number of aromatic hydroxyl groups is 1. The first kappa shape index (κ1) is 26.0. The molecule has 0 saturated carbocycles. The number of nitrogens with zero attached hydrogens (tertiary/aromatic N) is 2. The van der Waals surface area contributed by atoms with Crippen LogP contribution in [0.1, 0.15) is 31.0 Å². The number of amides is 1. The minimum absolute atomic E-state index is 0.0105. The van der Waals surface area contributed by atoms with E-state index >= 15 is 0 Å². The molecule has 9 heteroatoms. The number of anilines is 1. The third-order valence-electron chi connectivity index (χ3n) is 6.31. The number of methoxy groups -OCH3 is 1. The van der Waals surface area contributed by atoms with Crippen molar-refractivity contribution < 1.29 is 19.4 Å². The lowest BCUT2D eigenvalue weighted by Crippen LogP contribution is -2.40. The molecule has 0 fully saturated rings. The lowest BCUT2D eigenvalue weighted by atomic mass is 9.95. The first-order chi connectivity index (χ1) is 18.9. The van der Waals surface area contributed by atoms with E-state index in [1.54, 1.807) is 41.8 Å². The molecular formula is C30H27N3O5S. The van der Waals surface area contributed by atoms with Gasteiger partial charge in [0.1, 0.15) is 5.75 Å². The Morgan fingerprint density at radius 2 is 1.87 bits per heavy atom. The topological polar surface area (TPSA) is 102 Å². The van der Waals surface area contributed by atoms with Gasteiger partial charge < -0.3 is 19.9 Å². The monoisotopic (exact) mass is 541 g/mol. The van der Waals surface area contributed by atoms with Crippen LogP contribution >= 0.6 is 11.3 Å². The largest absolute Gasteiger partial charge is 0.504 e. The van der Waals surface area contributed by atoms with Gasteiger partial charge in [-0.15, -0.1) is 0 Å². The highest BCUT2D eigenvalue weighted by Crippen LogP contribution is 2.32. The molecule has 0 aliphatic carbocycles. The van der Waals surface area contributed by atoms with Crippen molar-refractivity contribution in [3.63, 3.8) is 0 Å². The fourth-order valence-electron chi connectivity index (χ4n) is 4.50. The molecule has 2 N–H and O–H groups in total. The predicted molar refractivity (Wildman–Crippen MR) is 151 cm³/mol. The van der Waals surface area contributed by atoms with Crippen molar-refractivity contribution in [2.45, 2.75) is 19.9 Å². The summed E-state index contributed by atoms with van der Waals surface area (Å²) in [4.78, 5) is 32.7. The number of hydrogen-bond acceptors (Lipinski definition) is 7.